The van der Waals surface area contributed by atoms with E-state index in [9.17, 15) is 28.8 Å². The fraction of sp³-hybridized carbons (Fsp3) is 0.297. The second-order valence-electron chi connectivity index (χ2n) is 12.7. The standard InChI is InChI=1S/C37H36N8O7S2/c1-44(2)26-13-11-25(12-14-26)43-42-24-9-7-22(8-10-24)34(47)39-17-5-3-4-6-30(46)41-32-35(48)45-33(37(49)50)23(21-54(51)36(32)45)20-52-27-15-16-28-29(18-27)53-31(19-38)40-28/h7-16,18,32,36H,3-6,17,20-21H2,1-2H3,(H,39,47)(H,41,46)(H,49,50)/b43-42+. The number of thiazole rings is 1. The van der Waals surface area contributed by atoms with Crippen LogP contribution in [0.15, 0.2) is 88.2 Å². The molecular formula is C37H36N8O7S2. The predicted molar refractivity (Wildman–Crippen MR) is 202 cm³/mol. The van der Waals surface area contributed by atoms with E-state index in [1.165, 1.54) is 11.3 Å². The van der Waals surface area contributed by atoms with Crippen molar-refractivity contribution >= 4 is 73.5 Å². The van der Waals surface area contributed by atoms with Crippen LogP contribution >= 0.6 is 11.3 Å². The third-order valence-electron chi connectivity index (χ3n) is 8.74. The van der Waals surface area contributed by atoms with Crippen molar-refractivity contribution in [3.8, 4) is 11.8 Å². The van der Waals surface area contributed by atoms with Gasteiger partial charge < -0.3 is 29.9 Å². The molecule has 0 radical (unpaired) electrons. The number of carbonyl (C=O) groups excluding carboxylic acids is 3. The van der Waals surface area contributed by atoms with Crippen molar-refractivity contribution in [2.45, 2.75) is 37.1 Å². The fourth-order valence-electron chi connectivity index (χ4n) is 5.93. The molecule has 2 aliphatic heterocycles. The summed E-state index contributed by atoms with van der Waals surface area (Å²) >= 11 is -0.502. The predicted octanol–water partition coefficient (Wildman–Crippen LogP) is 4.77. The maximum Gasteiger partial charge on any atom is 0.353 e. The van der Waals surface area contributed by atoms with Crippen molar-refractivity contribution in [1.82, 2.24) is 20.5 Å². The molecule has 0 aliphatic carbocycles. The number of nitriles is 1. The van der Waals surface area contributed by atoms with Crippen LogP contribution in [0.2, 0.25) is 0 Å². The lowest BCUT2D eigenvalue weighted by Gasteiger charge is -2.49. The summed E-state index contributed by atoms with van der Waals surface area (Å²) in [7, 11) is 3.92. The average molecular weight is 769 g/mol. The number of carbonyl (C=O) groups is 4. The summed E-state index contributed by atoms with van der Waals surface area (Å²) in [6.45, 7) is 0.184. The molecule has 3 amide bonds. The number of unbranched alkanes of at least 4 members (excludes halogenated alkanes) is 2. The van der Waals surface area contributed by atoms with Crippen LogP contribution in [0.1, 0.15) is 41.0 Å². The number of β-lactam (4-membered cyclic amide) rings is 1. The van der Waals surface area contributed by atoms with E-state index in [4.69, 9.17) is 10.00 Å². The lowest BCUT2D eigenvalue weighted by atomic mass is 10.0. The molecule has 1 saturated heterocycles. The lowest BCUT2D eigenvalue weighted by molar-refractivity contribution is -0.151. The van der Waals surface area contributed by atoms with Gasteiger partial charge in [-0.1, -0.05) is 6.42 Å². The van der Waals surface area contributed by atoms with Crippen molar-refractivity contribution in [3.05, 3.63) is 88.6 Å². The quantitative estimate of drug-likeness (QED) is 0.0652. The highest BCUT2D eigenvalue weighted by Gasteiger charge is 2.61. The molecule has 1 aromatic heterocycles. The van der Waals surface area contributed by atoms with Crippen molar-refractivity contribution < 1.29 is 33.6 Å². The van der Waals surface area contributed by atoms with Gasteiger partial charge in [-0.2, -0.15) is 15.5 Å². The minimum absolute atomic E-state index is 0.105. The van der Waals surface area contributed by atoms with E-state index in [0.717, 1.165) is 10.6 Å². The van der Waals surface area contributed by atoms with Crippen LogP contribution in [0.4, 0.5) is 17.1 Å². The first-order valence-corrected chi connectivity index (χ1v) is 19.2. The number of aliphatic carboxylic acids is 1. The van der Waals surface area contributed by atoms with Gasteiger partial charge in [0.15, 0.2) is 11.0 Å². The monoisotopic (exact) mass is 768 g/mol. The zero-order valence-corrected chi connectivity index (χ0v) is 31.0. The average Bonchev–Trinajstić information content (AvgIpc) is 3.59. The number of fused-ring (bicyclic) bond motifs is 2. The van der Waals surface area contributed by atoms with Gasteiger partial charge in [-0.15, -0.1) is 11.3 Å². The van der Waals surface area contributed by atoms with Gasteiger partial charge in [-0.3, -0.25) is 19.3 Å². The SMILES string of the molecule is CN(C)c1ccc(/N=N/c2ccc(C(=O)NCCCCCC(=O)NC3C(=O)N4C(C(=O)O)=C(COc5ccc6nc(C#N)sc6c5)C[S+]([O-])C34)cc2)cc1. The first kappa shape index (κ1) is 37.9. The van der Waals surface area contributed by atoms with E-state index in [1.54, 1.807) is 42.5 Å². The van der Waals surface area contributed by atoms with Crippen molar-refractivity contribution in [2.75, 3.05) is 37.9 Å². The van der Waals surface area contributed by atoms with Crippen LogP contribution in [0.25, 0.3) is 10.2 Å². The second kappa shape index (κ2) is 16.9. The minimum atomic E-state index is -1.69. The number of carboxylic acids is 1. The van der Waals surface area contributed by atoms with Crippen LogP contribution in [-0.2, 0) is 25.6 Å². The van der Waals surface area contributed by atoms with E-state index in [-0.39, 0.29) is 36.0 Å². The number of hydrogen-bond donors (Lipinski definition) is 3. The number of rotatable bonds is 15. The molecule has 0 spiro atoms. The third kappa shape index (κ3) is 8.68. The number of ether oxygens (including phenoxy) is 1. The molecule has 3 unspecified atom stereocenters. The Morgan fingerprint density at radius 2 is 1.78 bits per heavy atom. The molecule has 3 heterocycles. The fourth-order valence-corrected chi connectivity index (χ4v) is 8.38. The van der Waals surface area contributed by atoms with Gasteiger partial charge >= 0.3 is 5.97 Å². The molecule has 0 saturated carbocycles. The molecule has 2 aliphatic rings. The summed E-state index contributed by atoms with van der Waals surface area (Å²) in [5, 5.41) is 32.3. The molecule has 17 heteroatoms. The number of amides is 3. The van der Waals surface area contributed by atoms with Crippen LogP contribution in [-0.4, -0.2) is 87.6 Å². The Morgan fingerprint density at radius 1 is 1.07 bits per heavy atom. The smallest absolute Gasteiger partial charge is 0.353 e. The maximum absolute atomic E-state index is 13.2. The molecule has 1 fully saturated rings. The van der Waals surface area contributed by atoms with Crippen LogP contribution in [0.3, 0.4) is 0 Å². The van der Waals surface area contributed by atoms with E-state index >= 15 is 0 Å². The largest absolute Gasteiger partial charge is 0.614 e. The van der Waals surface area contributed by atoms with E-state index in [2.05, 4.69) is 25.8 Å². The Hall–Kier alpha value is -5.83. The molecule has 4 aromatic rings. The summed E-state index contributed by atoms with van der Waals surface area (Å²) in [4.78, 5) is 57.8. The summed E-state index contributed by atoms with van der Waals surface area (Å²) in [5.41, 5.74) is 3.38. The van der Waals surface area contributed by atoms with Gasteiger partial charge in [0.25, 0.3) is 11.8 Å². The summed E-state index contributed by atoms with van der Waals surface area (Å²) in [6.07, 6.45) is 1.85. The Morgan fingerprint density at radius 3 is 2.44 bits per heavy atom. The Kier molecular flexibility index (Phi) is 11.9. The van der Waals surface area contributed by atoms with Gasteiger partial charge in [0.2, 0.25) is 11.3 Å². The Labute approximate surface area is 317 Å². The molecule has 0 bridgehead atoms. The molecule has 3 atom stereocenters. The van der Waals surface area contributed by atoms with Crippen molar-refractivity contribution in [3.63, 3.8) is 0 Å². The van der Waals surface area contributed by atoms with Crippen molar-refractivity contribution in [1.29, 1.82) is 5.26 Å². The van der Waals surface area contributed by atoms with Gasteiger partial charge in [-0.05, 0) is 90.7 Å². The zero-order valence-electron chi connectivity index (χ0n) is 29.4. The highest BCUT2D eigenvalue weighted by atomic mass is 32.2. The van der Waals surface area contributed by atoms with Gasteiger partial charge in [0.1, 0.15) is 29.9 Å². The molecular weight excluding hydrogens is 733 g/mol. The first-order chi connectivity index (χ1) is 26.0. The molecule has 15 nitrogen and oxygen atoms in total. The zero-order chi connectivity index (χ0) is 38.4. The van der Waals surface area contributed by atoms with Crippen LogP contribution < -0.4 is 20.3 Å². The highest BCUT2D eigenvalue weighted by Crippen LogP contribution is 2.37. The summed E-state index contributed by atoms with van der Waals surface area (Å²) in [5.74, 6) is -2.41. The van der Waals surface area contributed by atoms with Crippen LogP contribution in [0, 0.1) is 11.3 Å². The first-order valence-electron chi connectivity index (χ1n) is 17.0. The maximum atomic E-state index is 13.2. The number of benzene rings is 3. The van der Waals surface area contributed by atoms with E-state index < -0.39 is 40.4 Å². The van der Waals surface area contributed by atoms with E-state index in [0.29, 0.717) is 63.7 Å². The second-order valence-corrected chi connectivity index (χ2v) is 15.3. The Balaban J connectivity index is 0.915. The highest BCUT2D eigenvalue weighted by molar-refractivity contribution is 7.92. The normalized spacial score (nSPS) is 17.9. The van der Waals surface area contributed by atoms with Gasteiger partial charge in [0, 0.05) is 43.9 Å². The summed E-state index contributed by atoms with van der Waals surface area (Å²) < 4.78 is 19.7. The van der Waals surface area contributed by atoms with Gasteiger partial charge in [-0.25, -0.2) is 9.78 Å². The number of anilines is 1. The van der Waals surface area contributed by atoms with Gasteiger partial charge in [0.05, 0.1) is 21.6 Å². The number of nitrogens with zero attached hydrogens (tertiary/aromatic N) is 6. The number of nitrogens with one attached hydrogen (secondary N) is 2. The minimum Gasteiger partial charge on any atom is -0.614 e. The molecule has 3 N–H and O–H groups in total. The third-order valence-corrected chi connectivity index (χ3v) is 11.3. The molecule has 54 heavy (non-hydrogen) atoms. The molecule has 6 rings (SSSR count). The number of azo groups is 1. The molecule has 278 valence electrons. The lowest BCUT2D eigenvalue weighted by Crippen LogP contribution is -2.74. The topological polar surface area (TPSA) is 213 Å². The summed E-state index contributed by atoms with van der Waals surface area (Å²) in [6, 6.07) is 20.3. The number of hydrogen-bond acceptors (Lipinski definition) is 12. The van der Waals surface area contributed by atoms with Crippen molar-refractivity contribution in [2.24, 2.45) is 10.2 Å². The Bertz CT molecular complexity index is 2160. The molecule has 3 aromatic carbocycles. The van der Waals surface area contributed by atoms with E-state index in [1.807, 2.05) is 49.3 Å². The van der Waals surface area contributed by atoms with Crippen LogP contribution in [0.5, 0.6) is 5.75 Å². The number of carboxylic acid groups (broad SMARTS) is 1. The number of aromatic nitrogens is 1.